The fourth-order valence-corrected chi connectivity index (χ4v) is 1.94. The van der Waals surface area contributed by atoms with Gasteiger partial charge < -0.3 is 9.47 Å². The third-order valence-corrected chi connectivity index (χ3v) is 2.90. The highest BCUT2D eigenvalue weighted by Gasteiger charge is 2.29. The Morgan fingerprint density at radius 1 is 1.27 bits per heavy atom. The Balaban J connectivity index is 2.01. The molecular weight excluding hydrogens is 319 g/mol. The van der Waals surface area contributed by atoms with Crippen molar-refractivity contribution >= 4 is 23.4 Å². The van der Waals surface area contributed by atoms with Crippen LogP contribution in [0.15, 0.2) is 41.2 Å². The Morgan fingerprint density at radius 2 is 2.00 bits per heavy atom. The second-order valence-corrected chi connectivity index (χ2v) is 4.74. The number of carbonyl (C=O) groups excluding carboxylic acids is 1. The van der Waals surface area contributed by atoms with Gasteiger partial charge in [-0.25, -0.2) is 9.78 Å². The lowest BCUT2D eigenvalue weighted by Gasteiger charge is -2.12. The van der Waals surface area contributed by atoms with Crippen molar-refractivity contribution in [1.29, 1.82) is 0 Å². The van der Waals surface area contributed by atoms with Gasteiger partial charge in [-0.1, -0.05) is 12.1 Å². The fourth-order valence-electron chi connectivity index (χ4n) is 1.41. The van der Waals surface area contributed by atoms with Crippen molar-refractivity contribution in [3.8, 4) is 11.5 Å². The van der Waals surface area contributed by atoms with Gasteiger partial charge in [0.05, 0.1) is 11.2 Å². The molecule has 0 atom stereocenters. The topological polar surface area (TPSA) is 48.4 Å². The first-order valence-electron chi connectivity index (χ1n) is 6.01. The van der Waals surface area contributed by atoms with Crippen molar-refractivity contribution in [2.75, 3.05) is 6.61 Å². The van der Waals surface area contributed by atoms with Crippen LogP contribution in [-0.2, 0) is 4.79 Å². The quantitative estimate of drug-likeness (QED) is 0.477. The molecule has 1 heterocycles. The van der Waals surface area contributed by atoms with Crippen molar-refractivity contribution < 1.29 is 27.4 Å². The van der Waals surface area contributed by atoms with Crippen LogP contribution in [0.1, 0.15) is 5.69 Å². The zero-order valence-corrected chi connectivity index (χ0v) is 11.9. The SMILES string of the molecule is O=C(C=Cc1cscn1)Oc1ccccc1OCC(F)(F)F. The monoisotopic (exact) mass is 329 g/mol. The van der Waals surface area contributed by atoms with E-state index in [1.165, 1.54) is 41.7 Å². The molecule has 2 aromatic rings. The minimum absolute atomic E-state index is 0.0836. The van der Waals surface area contributed by atoms with E-state index in [1.807, 2.05) is 0 Å². The summed E-state index contributed by atoms with van der Waals surface area (Å²) in [5, 5.41) is 1.73. The number of para-hydroxylation sites is 2. The van der Waals surface area contributed by atoms with Gasteiger partial charge in [0, 0.05) is 11.5 Å². The molecule has 0 spiro atoms. The Kier molecular flexibility index (Phi) is 5.16. The highest BCUT2D eigenvalue weighted by atomic mass is 32.1. The van der Waals surface area contributed by atoms with Crippen LogP contribution in [0.4, 0.5) is 13.2 Å². The second-order valence-electron chi connectivity index (χ2n) is 4.02. The number of rotatable bonds is 5. The number of benzene rings is 1. The van der Waals surface area contributed by atoms with E-state index in [1.54, 1.807) is 10.9 Å². The molecule has 0 fully saturated rings. The minimum atomic E-state index is -4.47. The average molecular weight is 329 g/mol. The fraction of sp³-hybridized carbons (Fsp3) is 0.143. The molecule has 1 aromatic heterocycles. The van der Waals surface area contributed by atoms with E-state index in [0.29, 0.717) is 5.69 Å². The van der Waals surface area contributed by atoms with Crippen LogP contribution in [-0.4, -0.2) is 23.7 Å². The summed E-state index contributed by atoms with van der Waals surface area (Å²) in [4.78, 5) is 15.6. The van der Waals surface area contributed by atoms with E-state index in [-0.39, 0.29) is 11.5 Å². The second kappa shape index (κ2) is 7.08. The first-order chi connectivity index (χ1) is 10.4. The number of halogens is 3. The van der Waals surface area contributed by atoms with Crippen LogP contribution in [0.5, 0.6) is 11.5 Å². The van der Waals surface area contributed by atoms with Gasteiger partial charge in [0.1, 0.15) is 0 Å². The summed E-state index contributed by atoms with van der Waals surface area (Å²) in [7, 11) is 0. The molecule has 0 unspecified atom stereocenters. The van der Waals surface area contributed by atoms with Crippen molar-refractivity contribution in [2.24, 2.45) is 0 Å². The molecule has 0 saturated carbocycles. The van der Waals surface area contributed by atoms with Crippen molar-refractivity contribution in [1.82, 2.24) is 4.98 Å². The molecule has 0 bridgehead atoms. The predicted molar refractivity (Wildman–Crippen MR) is 74.8 cm³/mol. The van der Waals surface area contributed by atoms with E-state index in [9.17, 15) is 18.0 Å². The molecule has 0 amide bonds. The number of hydrogen-bond acceptors (Lipinski definition) is 5. The minimum Gasteiger partial charge on any atom is -0.480 e. The van der Waals surface area contributed by atoms with Gasteiger partial charge >= 0.3 is 12.1 Å². The molecule has 4 nitrogen and oxygen atoms in total. The smallest absolute Gasteiger partial charge is 0.422 e. The maximum atomic E-state index is 12.2. The third kappa shape index (κ3) is 5.21. The highest BCUT2D eigenvalue weighted by Crippen LogP contribution is 2.28. The lowest BCUT2D eigenvalue weighted by atomic mass is 10.3. The van der Waals surface area contributed by atoms with Crippen LogP contribution >= 0.6 is 11.3 Å². The predicted octanol–water partition coefficient (Wildman–Crippen LogP) is 3.70. The normalized spacial score (nSPS) is 11.6. The van der Waals surface area contributed by atoms with Gasteiger partial charge in [0.25, 0.3) is 0 Å². The van der Waals surface area contributed by atoms with Gasteiger partial charge in [-0.05, 0) is 18.2 Å². The Labute approximate surface area is 127 Å². The number of ether oxygens (including phenoxy) is 2. The molecule has 8 heteroatoms. The van der Waals surface area contributed by atoms with Crippen molar-refractivity contribution in [3.05, 3.63) is 46.9 Å². The van der Waals surface area contributed by atoms with Crippen LogP contribution in [0.25, 0.3) is 6.08 Å². The van der Waals surface area contributed by atoms with Crippen LogP contribution in [0.2, 0.25) is 0 Å². The van der Waals surface area contributed by atoms with E-state index >= 15 is 0 Å². The molecule has 0 aliphatic heterocycles. The number of carbonyl (C=O) groups is 1. The number of thiazole rings is 1. The van der Waals surface area contributed by atoms with E-state index in [0.717, 1.165) is 6.08 Å². The average Bonchev–Trinajstić information content (AvgIpc) is 2.97. The molecule has 116 valence electrons. The first kappa shape index (κ1) is 16.0. The Bertz CT molecular complexity index is 654. The molecule has 22 heavy (non-hydrogen) atoms. The van der Waals surface area contributed by atoms with Gasteiger partial charge in [0.2, 0.25) is 0 Å². The maximum Gasteiger partial charge on any atom is 0.422 e. The zero-order valence-electron chi connectivity index (χ0n) is 11.0. The number of aromatic nitrogens is 1. The standard InChI is InChI=1S/C14H10F3NO3S/c15-14(16,17)8-20-11-3-1-2-4-12(11)21-13(19)6-5-10-7-22-9-18-10/h1-7,9H,8H2. The van der Waals surface area contributed by atoms with Gasteiger partial charge in [-0.15, -0.1) is 11.3 Å². The largest absolute Gasteiger partial charge is 0.480 e. The summed E-state index contributed by atoms with van der Waals surface area (Å²) in [6.45, 7) is -1.46. The highest BCUT2D eigenvalue weighted by molar-refractivity contribution is 7.07. The molecule has 0 radical (unpaired) electrons. The lowest BCUT2D eigenvalue weighted by molar-refractivity contribution is -0.153. The van der Waals surface area contributed by atoms with Gasteiger partial charge in [-0.3, -0.25) is 0 Å². The van der Waals surface area contributed by atoms with Crippen LogP contribution in [0.3, 0.4) is 0 Å². The first-order valence-corrected chi connectivity index (χ1v) is 6.95. The van der Waals surface area contributed by atoms with Crippen LogP contribution in [0, 0.1) is 0 Å². The number of esters is 1. The summed E-state index contributed by atoms with van der Waals surface area (Å²) in [6.07, 6.45) is -1.89. The van der Waals surface area contributed by atoms with Gasteiger partial charge in [0.15, 0.2) is 18.1 Å². The molecule has 2 rings (SSSR count). The summed E-state index contributed by atoms with van der Waals surface area (Å²) in [5.41, 5.74) is 2.19. The molecule has 0 N–H and O–H groups in total. The zero-order chi connectivity index (χ0) is 16.0. The molecule has 0 saturated heterocycles. The van der Waals surface area contributed by atoms with E-state index in [4.69, 9.17) is 4.74 Å². The maximum absolute atomic E-state index is 12.2. The molecule has 1 aromatic carbocycles. The van der Waals surface area contributed by atoms with E-state index < -0.39 is 18.8 Å². The summed E-state index contributed by atoms with van der Waals surface area (Å²) in [5.74, 6) is -0.981. The Hall–Kier alpha value is -2.35. The Morgan fingerprint density at radius 3 is 2.64 bits per heavy atom. The van der Waals surface area contributed by atoms with E-state index in [2.05, 4.69) is 9.72 Å². The van der Waals surface area contributed by atoms with Crippen LogP contribution < -0.4 is 9.47 Å². The summed E-state index contributed by atoms with van der Waals surface area (Å²) >= 11 is 1.37. The molecule has 0 aliphatic rings. The van der Waals surface area contributed by atoms with Crippen molar-refractivity contribution in [2.45, 2.75) is 6.18 Å². The number of alkyl halides is 3. The van der Waals surface area contributed by atoms with Gasteiger partial charge in [-0.2, -0.15) is 13.2 Å². The molecule has 0 aliphatic carbocycles. The third-order valence-electron chi connectivity index (χ3n) is 2.29. The number of hydrogen-bond donors (Lipinski definition) is 0. The lowest BCUT2D eigenvalue weighted by Crippen LogP contribution is -2.19. The molecular formula is C14H10F3NO3S. The number of nitrogens with zero attached hydrogens (tertiary/aromatic N) is 1. The van der Waals surface area contributed by atoms with Crippen molar-refractivity contribution in [3.63, 3.8) is 0 Å². The summed E-state index contributed by atoms with van der Waals surface area (Å²) in [6, 6.07) is 5.64. The summed E-state index contributed by atoms with van der Waals surface area (Å²) < 4.78 is 46.1.